The Balaban J connectivity index is 1.52. The largest absolute Gasteiger partial charge is 0.491 e. The van der Waals surface area contributed by atoms with E-state index in [4.69, 9.17) is 14.7 Å². The zero-order valence-electron chi connectivity index (χ0n) is 15.4. The van der Waals surface area contributed by atoms with Crippen LogP contribution in [0.4, 0.5) is 5.69 Å². The van der Waals surface area contributed by atoms with Gasteiger partial charge in [0.1, 0.15) is 24.1 Å². The summed E-state index contributed by atoms with van der Waals surface area (Å²) in [7, 11) is 0. The highest BCUT2D eigenvalue weighted by Gasteiger charge is 2.25. The Morgan fingerprint density at radius 3 is 2.66 bits per heavy atom. The minimum Gasteiger partial charge on any atom is -0.491 e. The summed E-state index contributed by atoms with van der Waals surface area (Å²) in [5, 5.41) is 9.00. The van der Waals surface area contributed by atoms with Crippen LogP contribution in [0, 0.1) is 11.3 Å². The number of ether oxygens (including phenoxy) is 2. The lowest BCUT2D eigenvalue weighted by atomic mass is 10.2. The highest BCUT2D eigenvalue weighted by molar-refractivity contribution is 6.00. The second kappa shape index (κ2) is 9.23. The van der Waals surface area contributed by atoms with Crippen molar-refractivity contribution in [2.75, 3.05) is 24.7 Å². The summed E-state index contributed by atoms with van der Waals surface area (Å²) in [4.78, 5) is 37.7. The Kier molecular flexibility index (Phi) is 6.27. The Morgan fingerprint density at radius 2 is 1.83 bits per heavy atom. The molecule has 0 saturated heterocycles. The molecule has 0 radical (unpaired) electrons. The highest BCUT2D eigenvalue weighted by atomic mass is 16.5. The first-order valence-corrected chi connectivity index (χ1v) is 8.80. The first kappa shape index (κ1) is 19.7. The van der Waals surface area contributed by atoms with Crippen LogP contribution in [-0.4, -0.2) is 37.5 Å². The van der Waals surface area contributed by atoms with E-state index in [0.717, 1.165) is 0 Å². The molecule has 1 heterocycles. The number of hydrogen-bond acceptors (Lipinski definition) is 6. The summed E-state index contributed by atoms with van der Waals surface area (Å²) < 4.78 is 10.8. The number of hydrogen-bond donors (Lipinski definition) is 2. The number of rotatable bonds is 5. The van der Waals surface area contributed by atoms with E-state index in [1.807, 2.05) is 6.07 Å². The molecule has 3 rings (SSSR count). The van der Waals surface area contributed by atoms with Crippen molar-refractivity contribution in [2.45, 2.75) is 6.42 Å². The number of nitriles is 1. The maximum Gasteiger partial charge on any atom is 0.276 e. The monoisotopic (exact) mass is 394 g/mol. The summed E-state index contributed by atoms with van der Waals surface area (Å²) >= 11 is 0. The average molecular weight is 394 g/mol. The molecule has 0 aliphatic carbocycles. The summed E-state index contributed by atoms with van der Waals surface area (Å²) in [6, 6.07) is 15.4. The second-order valence-electron chi connectivity index (χ2n) is 6.04. The standard InChI is InChI=1S/C20H18N4O5/c21-11-14-5-1-3-7-16(14)29-13-19(26)23-22-18(25)12-24-15-6-2-4-8-17(15)28-10-9-20(24)27/h1-8H,9-10,12-13H2,(H,22,25)(H,23,26). The molecular formula is C20H18N4O5. The van der Waals surface area contributed by atoms with Gasteiger partial charge in [0.25, 0.3) is 11.8 Å². The highest BCUT2D eigenvalue weighted by Crippen LogP contribution is 2.30. The third-order valence-electron chi connectivity index (χ3n) is 4.04. The normalized spacial score (nSPS) is 12.7. The van der Waals surface area contributed by atoms with E-state index in [0.29, 0.717) is 17.0 Å². The molecule has 0 spiro atoms. The number of benzene rings is 2. The molecule has 9 nitrogen and oxygen atoms in total. The maximum atomic E-state index is 12.3. The van der Waals surface area contributed by atoms with Crippen molar-refractivity contribution < 1.29 is 23.9 Å². The van der Waals surface area contributed by atoms with E-state index in [9.17, 15) is 14.4 Å². The van der Waals surface area contributed by atoms with Crippen LogP contribution in [0.25, 0.3) is 0 Å². The number of anilines is 1. The van der Waals surface area contributed by atoms with Crippen LogP contribution in [0.1, 0.15) is 12.0 Å². The number of nitrogens with zero attached hydrogens (tertiary/aromatic N) is 2. The number of amides is 3. The number of carbonyl (C=O) groups excluding carboxylic acids is 3. The summed E-state index contributed by atoms with van der Waals surface area (Å²) in [5.41, 5.74) is 5.26. The van der Waals surface area contributed by atoms with Crippen LogP contribution in [-0.2, 0) is 14.4 Å². The molecule has 0 fully saturated rings. The lowest BCUT2D eigenvalue weighted by Gasteiger charge is -2.21. The molecule has 1 aliphatic heterocycles. The number of para-hydroxylation sites is 3. The predicted octanol–water partition coefficient (Wildman–Crippen LogP) is 0.900. The van der Waals surface area contributed by atoms with Gasteiger partial charge < -0.3 is 9.47 Å². The maximum absolute atomic E-state index is 12.3. The van der Waals surface area contributed by atoms with E-state index in [1.54, 1.807) is 48.5 Å². The molecule has 0 bridgehead atoms. The van der Waals surface area contributed by atoms with E-state index in [2.05, 4.69) is 10.9 Å². The van der Waals surface area contributed by atoms with Gasteiger partial charge in [0.05, 0.1) is 24.3 Å². The minimum atomic E-state index is -0.614. The topological polar surface area (TPSA) is 121 Å². The number of fused-ring (bicyclic) bond motifs is 1. The molecule has 0 saturated carbocycles. The van der Waals surface area contributed by atoms with Gasteiger partial charge in [0.15, 0.2) is 6.61 Å². The Hall–Kier alpha value is -4.06. The smallest absolute Gasteiger partial charge is 0.276 e. The minimum absolute atomic E-state index is 0.139. The molecule has 9 heteroatoms. The Morgan fingerprint density at radius 1 is 1.10 bits per heavy atom. The zero-order chi connectivity index (χ0) is 20.6. The lowest BCUT2D eigenvalue weighted by molar-refractivity contribution is -0.129. The third kappa shape index (κ3) is 5.01. The van der Waals surface area contributed by atoms with Crippen molar-refractivity contribution >= 4 is 23.4 Å². The molecule has 0 aromatic heterocycles. The summed E-state index contributed by atoms with van der Waals surface area (Å²) in [6.07, 6.45) is 0.139. The fourth-order valence-electron chi connectivity index (χ4n) is 2.68. The molecule has 2 aromatic rings. The molecule has 0 unspecified atom stereocenters. The number of nitrogens with one attached hydrogen (secondary N) is 2. The van der Waals surface area contributed by atoms with Crippen molar-refractivity contribution in [3.8, 4) is 17.6 Å². The molecule has 3 amide bonds. The number of carbonyl (C=O) groups is 3. The predicted molar refractivity (Wildman–Crippen MR) is 102 cm³/mol. The van der Waals surface area contributed by atoms with Crippen LogP contribution in [0.2, 0.25) is 0 Å². The van der Waals surface area contributed by atoms with Crippen LogP contribution >= 0.6 is 0 Å². The molecular weight excluding hydrogens is 376 g/mol. The van der Waals surface area contributed by atoms with Gasteiger partial charge in [-0.15, -0.1) is 0 Å². The summed E-state index contributed by atoms with van der Waals surface area (Å²) in [5.74, 6) is -0.672. The van der Waals surface area contributed by atoms with Crippen LogP contribution in [0.3, 0.4) is 0 Å². The molecule has 2 N–H and O–H groups in total. The van der Waals surface area contributed by atoms with Crippen molar-refractivity contribution in [3.05, 3.63) is 54.1 Å². The van der Waals surface area contributed by atoms with Gasteiger partial charge in [0.2, 0.25) is 5.91 Å². The second-order valence-corrected chi connectivity index (χ2v) is 6.04. The molecule has 1 aliphatic rings. The molecule has 148 valence electrons. The first-order chi connectivity index (χ1) is 14.1. The van der Waals surface area contributed by atoms with Crippen molar-refractivity contribution in [1.82, 2.24) is 10.9 Å². The van der Waals surface area contributed by atoms with Crippen LogP contribution < -0.4 is 25.2 Å². The van der Waals surface area contributed by atoms with Gasteiger partial charge in [0, 0.05) is 0 Å². The first-order valence-electron chi connectivity index (χ1n) is 8.80. The van der Waals surface area contributed by atoms with Gasteiger partial charge in [-0.1, -0.05) is 24.3 Å². The average Bonchev–Trinajstić information content (AvgIpc) is 2.90. The molecule has 2 aromatic carbocycles. The molecule has 29 heavy (non-hydrogen) atoms. The number of hydrazine groups is 1. The van der Waals surface area contributed by atoms with E-state index in [1.165, 1.54) is 4.90 Å². The molecule has 0 atom stereocenters. The Labute approximate surface area is 166 Å². The van der Waals surface area contributed by atoms with E-state index >= 15 is 0 Å². The van der Waals surface area contributed by atoms with Crippen molar-refractivity contribution in [1.29, 1.82) is 5.26 Å². The fraction of sp³-hybridized carbons (Fsp3) is 0.200. The van der Waals surface area contributed by atoms with Gasteiger partial charge in [-0.05, 0) is 24.3 Å². The van der Waals surface area contributed by atoms with Crippen LogP contribution in [0.5, 0.6) is 11.5 Å². The SMILES string of the molecule is N#Cc1ccccc1OCC(=O)NNC(=O)CN1C(=O)CCOc2ccccc21. The fourth-order valence-corrected chi connectivity index (χ4v) is 2.68. The lowest BCUT2D eigenvalue weighted by Crippen LogP contribution is -2.49. The quantitative estimate of drug-likeness (QED) is 0.727. The van der Waals surface area contributed by atoms with Crippen molar-refractivity contribution in [3.63, 3.8) is 0 Å². The van der Waals surface area contributed by atoms with E-state index in [-0.39, 0.29) is 31.2 Å². The van der Waals surface area contributed by atoms with Gasteiger partial charge in [-0.3, -0.25) is 30.1 Å². The van der Waals surface area contributed by atoms with Crippen molar-refractivity contribution in [2.24, 2.45) is 0 Å². The van der Waals surface area contributed by atoms with Gasteiger partial charge in [-0.25, -0.2) is 0 Å². The van der Waals surface area contributed by atoms with E-state index < -0.39 is 18.4 Å². The Bertz CT molecular complexity index is 969. The third-order valence-corrected chi connectivity index (χ3v) is 4.04. The van der Waals surface area contributed by atoms with Gasteiger partial charge >= 0.3 is 0 Å². The zero-order valence-corrected chi connectivity index (χ0v) is 15.4. The van der Waals surface area contributed by atoms with Crippen LogP contribution in [0.15, 0.2) is 48.5 Å². The summed E-state index contributed by atoms with van der Waals surface area (Å²) in [6.45, 7) is -0.442. The van der Waals surface area contributed by atoms with Gasteiger partial charge in [-0.2, -0.15) is 5.26 Å².